The van der Waals surface area contributed by atoms with Gasteiger partial charge in [0, 0.05) is 29.1 Å². The van der Waals surface area contributed by atoms with E-state index >= 15 is 0 Å². The topological polar surface area (TPSA) is 42.1 Å². The molecule has 4 heteroatoms. The van der Waals surface area contributed by atoms with Gasteiger partial charge < -0.3 is 5.73 Å². The molecular weight excluding hydrogens is 230 g/mol. The van der Waals surface area contributed by atoms with Crippen LogP contribution >= 0.6 is 11.3 Å². The predicted molar refractivity (Wildman–Crippen MR) is 73.4 cm³/mol. The second-order valence-corrected chi connectivity index (χ2v) is 6.48. The summed E-state index contributed by atoms with van der Waals surface area (Å²) in [6.45, 7) is 8.96. The van der Waals surface area contributed by atoms with E-state index in [1.54, 1.807) is 11.3 Å². The van der Waals surface area contributed by atoms with Gasteiger partial charge in [-0.25, -0.2) is 4.98 Å². The molecule has 0 spiro atoms. The molecule has 0 amide bonds. The number of aromatic nitrogens is 1. The number of thiazole rings is 1. The number of hydrogen-bond donors (Lipinski definition) is 1. The van der Waals surface area contributed by atoms with Crippen LogP contribution in [-0.4, -0.2) is 34.6 Å². The van der Waals surface area contributed by atoms with Crippen molar-refractivity contribution in [2.45, 2.75) is 51.6 Å². The number of nitrogens with two attached hydrogens (primary N) is 1. The first-order chi connectivity index (χ1) is 8.00. The Bertz CT molecular complexity index is 366. The van der Waals surface area contributed by atoms with Crippen LogP contribution < -0.4 is 5.73 Å². The summed E-state index contributed by atoms with van der Waals surface area (Å²) in [7, 11) is 0. The molecule has 17 heavy (non-hydrogen) atoms. The fourth-order valence-corrected chi connectivity index (χ4v) is 3.29. The van der Waals surface area contributed by atoms with Crippen LogP contribution in [0.5, 0.6) is 0 Å². The van der Waals surface area contributed by atoms with E-state index in [1.165, 1.54) is 30.9 Å². The highest BCUT2D eigenvalue weighted by Gasteiger charge is 2.34. The van der Waals surface area contributed by atoms with Crippen molar-refractivity contribution in [3.05, 3.63) is 16.1 Å². The van der Waals surface area contributed by atoms with E-state index in [2.05, 4.69) is 29.1 Å². The Kier molecular flexibility index (Phi) is 3.85. The van der Waals surface area contributed by atoms with Gasteiger partial charge in [0.1, 0.15) is 0 Å². The minimum absolute atomic E-state index is 0.0794. The van der Waals surface area contributed by atoms with Gasteiger partial charge in [-0.05, 0) is 46.7 Å². The fourth-order valence-electron chi connectivity index (χ4n) is 2.46. The van der Waals surface area contributed by atoms with Gasteiger partial charge >= 0.3 is 0 Å². The molecule has 1 unspecified atom stereocenters. The molecule has 0 aliphatic carbocycles. The second kappa shape index (κ2) is 5.04. The minimum Gasteiger partial charge on any atom is -0.326 e. The van der Waals surface area contributed by atoms with Gasteiger partial charge in [0.05, 0.1) is 5.01 Å². The molecule has 1 aromatic rings. The van der Waals surface area contributed by atoms with Crippen LogP contribution in [0.1, 0.15) is 37.4 Å². The molecule has 1 aliphatic rings. The molecule has 1 atom stereocenters. The van der Waals surface area contributed by atoms with Crippen molar-refractivity contribution in [2.24, 2.45) is 5.73 Å². The Labute approximate surface area is 108 Å². The number of hydrogen-bond acceptors (Lipinski definition) is 4. The first-order valence-electron chi connectivity index (χ1n) is 6.42. The maximum absolute atomic E-state index is 6.40. The molecular formula is C13H23N3S. The quantitative estimate of drug-likeness (QED) is 0.894. The first kappa shape index (κ1) is 13.0. The molecule has 1 fully saturated rings. The third kappa shape index (κ3) is 2.87. The number of nitrogens with zero attached hydrogens (tertiary/aromatic N) is 2. The van der Waals surface area contributed by atoms with E-state index in [1.807, 2.05) is 6.92 Å². The maximum atomic E-state index is 6.40. The van der Waals surface area contributed by atoms with Crippen molar-refractivity contribution < 1.29 is 0 Å². The summed E-state index contributed by atoms with van der Waals surface area (Å²) in [5, 5.41) is 3.27. The molecule has 1 aliphatic heterocycles. The van der Waals surface area contributed by atoms with E-state index in [0.29, 0.717) is 0 Å². The Morgan fingerprint density at radius 1 is 1.47 bits per heavy atom. The standard InChI is InChI=1S/C13H23N3S/c1-10-9-17-12(15-10)8-11(14)13(2,3)16-6-4-5-7-16/h9,11H,4-8,14H2,1-3H3. The molecule has 96 valence electrons. The molecule has 2 rings (SSSR count). The van der Waals surface area contributed by atoms with E-state index in [9.17, 15) is 0 Å². The Hall–Kier alpha value is -0.450. The SMILES string of the molecule is Cc1csc(CC(N)C(C)(C)N2CCCC2)n1. The average Bonchev–Trinajstić information content (AvgIpc) is 2.89. The second-order valence-electron chi connectivity index (χ2n) is 5.54. The zero-order chi connectivity index (χ0) is 12.5. The van der Waals surface area contributed by atoms with E-state index in [-0.39, 0.29) is 11.6 Å². The Morgan fingerprint density at radius 2 is 2.12 bits per heavy atom. The van der Waals surface area contributed by atoms with Crippen molar-refractivity contribution >= 4 is 11.3 Å². The molecule has 0 aromatic carbocycles. The highest BCUT2D eigenvalue weighted by Crippen LogP contribution is 2.25. The van der Waals surface area contributed by atoms with Crippen molar-refractivity contribution in [3.8, 4) is 0 Å². The largest absolute Gasteiger partial charge is 0.326 e. The van der Waals surface area contributed by atoms with Crippen LogP contribution in [0.2, 0.25) is 0 Å². The van der Waals surface area contributed by atoms with Crippen molar-refractivity contribution in [2.75, 3.05) is 13.1 Å². The summed E-state index contributed by atoms with van der Waals surface area (Å²) < 4.78 is 0. The molecule has 3 nitrogen and oxygen atoms in total. The first-order valence-corrected chi connectivity index (χ1v) is 7.30. The van der Waals surface area contributed by atoms with E-state index in [0.717, 1.165) is 12.1 Å². The zero-order valence-corrected chi connectivity index (χ0v) is 11.9. The molecule has 0 saturated carbocycles. The summed E-state index contributed by atoms with van der Waals surface area (Å²) in [6.07, 6.45) is 3.51. The van der Waals surface area contributed by atoms with Crippen LogP contribution in [0.15, 0.2) is 5.38 Å². The molecule has 2 heterocycles. The van der Waals surface area contributed by atoms with Gasteiger partial charge in [-0.3, -0.25) is 4.90 Å². The summed E-state index contributed by atoms with van der Waals surface area (Å²) >= 11 is 1.73. The van der Waals surface area contributed by atoms with Gasteiger partial charge in [-0.15, -0.1) is 11.3 Å². The molecule has 2 N–H and O–H groups in total. The lowest BCUT2D eigenvalue weighted by atomic mass is 9.91. The minimum atomic E-state index is 0.0794. The number of likely N-dealkylation sites (tertiary alicyclic amines) is 1. The van der Waals surface area contributed by atoms with Crippen LogP contribution in [0.4, 0.5) is 0 Å². The maximum Gasteiger partial charge on any atom is 0.0944 e. The smallest absolute Gasteiger partial charge is 0.0944 e. The van der Waals surface area contributed by atoms with Crippen LogP contribution in [-0.2, 0) is 6.42 Å². The number of aryl methyl sites for hydroxylation is 1. The lowest BCUT2D eigenvalue weighted by molar-refractivity contribution is 0.123. The lowest BCUT2D eigenvalue weighted by Crippen LogP contribution is -2.55. The number of rotatable bonds is 4. The summed E-state index contributed by atoms with van der Waals surface area (Å²) in [5.41, 5.74) is 7.58. The van der Waals surface area contributed by atoms with Gasteiger partial charge in [-0.2, -0.15) is 0 Å². The predicted octanol–water partition coefficient (Wildman–Crippen LogP) is 2.20. The molecule has 1 saturated heterocycles. The normalized spacial score (nSPS) is 19.8. The van der Waals surface area contributed by atoms with E-state index in [4.69, 9.17) is 5.73 Å². The van der Waals surface area contributed by atoms with E-state index < -0.39 is 0 Å². The monoisotopic (exact) mass is 253 g/mol. The fraction of sp³-hybridized carbons (Fsp3) is 0.769. The van der Waals surface area contributed by atoms with Gasteiger partial charge in [-0.1, -0.05) is 0 Å². The van der Waals surface area contributed by atoms with Gasteiger partial charge in [0.25, 0.3) is 0 Å². The van der Waals surface area contributed by atoms with Crippen LogP contribution in [0.25, 0.3) is 0 Å². The van der Waals surface area contributed by atoms with Crippen molar-refractivity contribution in [3.63, 3.8) is 0 Å². The molecule has 0 radical (unpaired) electrons. The summed E-state index contributed by atoms with van der Waals surface area (Å²) in [6, 6.07) is 0.158. The molecule has 0 bridgehead atoms. The Morgan fingerprint density at radius 3 is 2.65 bits per heavy atom. The third-order valence-corrected chi connectivity index (χ3v) is 4.88. The van der Waals surface area contributed by atoms with Gasteiger partial charge in [0.15, 0.2) is 0 Å². The summed E-state index contributed by atoms with van der Waals surface area (Å²) in [4.78, 5) is 7.04. The lowest BCUT2D eigenvalue weighted by Gasteiger charge is -2.40. The van der Waals surface area contributed by atoms with Crippen LogP contribution in [0, 0.1) is 6.92 Å². The highest BCUT2D eigenvalue weighted by molar-refractivity contribution is 7.09. The van der Waals surface area contributed by atoms with Gasteiger partial charge in [0.2, 0.25) is 0 Å². The van der Waals surface area contributed by atoms with Crippen LogP contribution in [0.3, 0.4) is 0 Å². The Balaban J connectivity index is 2.00. The third-order valence-electron chi connectivity index (χ3n) is 3.89. The highest BCUT2D eigenvalue weighted by atomic mass is 32.1. The summed E-state index contributed by atoms with van der Waals surface area (Å²) in [5.74, 6) is 0. The average molecular weight is 253 g/mol. The zero-order valence-electron chi connectivity index (χ0n) is 11.1. The van der Waals surface area contributed by atoms with Crippen molar-refractivity contribution in [1.82, 2.24) is 9.88 Å². The van der Waals surface area contributed by atoms with Crippen molar-refractivity contribution in [1.29, 1.82) is 0 Å². The molecule has 1 aromatic heterocycles.